The van der Waals surface area contributed by atoms with Crippen molar-refractivity contribution in [2.24, 2.45) is 0 Å². The van der Waals surface area contributed by atoms with Crippen LogP contribution in [0, 0.1) is 0 Å². The molecule has 1 heterocycles. The molecule has 2 amide bonds. The van der Waals surface area contributed by atoms with Gasteiger partial charge in [0, 0.05) is 26.2 Å². The van der Waals surface area contributed by atoms with Crippen molar-refractivity contribution in [1.82, 2.24) is 15.5 Å². The van der Waals surface area contributed by atoms with Crippen molar-refractivity contribution >= 4 is 6.03 Å². The number of aliphatic hydroxyl groups excluding tert-OH is 2. The van der Waals surface area contributed by atoms with Crippen LogP contribution in [0.2, 0.25) is 0 Å². The molecular weight excluding hydrogens is 210 g/mol. The molecule has 16 heavy (non-hydrogen) atoms. The normalized spacial score (nSPS) is 16.7. The van der Waals surface area contributed by atoms with Crippen molar-refractivity contribution in [3.63, 3.8) is 0 Å². The SMILES string of the molecule is CCC(CO)(CO)NCCN1CCNC1=O. The fourth-order valence-corrected chi connectivity index (χ4v) is 1.69. The first-order valence-corrected chi connectivity index (χ1v) is 5.67. The number of rotatable bonds is 7. The van der Waals surface area contributed by atoms with Gasteiger partial charge >= 0.3 is 6.03 Å². The Morgan fingerprint density at radius 3 is 2.62 bits per heavy atom. The number of hydrogen-bond donors (Lipinski definition) is 4. The van der Waals surface area contributed by atoms with Crippen LogP contribution in [0.25, 0.3) is 0 Å². The average Bonchev–Trinajstić information content (AvgIpc) is 2.71. The highest BCUT2D eigenvalue weighted by Crippen LogP contribution is 2.07. The van der Waals surface area contributed by atoms with Crippen LogP contribution in [0.4, 0.5) is 4.79 Å². The topological polar surface area (TPSA) is 84.8 Å². The van der Waals surface area contributed by atoms with Gasteiger partial charge in [-0.3, -0.25) is 0 Å². The zero-order valence-corrected chi connectivity index (χ0v) is 9.70. The van der Waals surface area contributed by atoms with Crippen LogP contribution >= 0.6 is 0 Å². The van der Waals surface area contributed by atoms with Crippen molar-refractivity contribution in [3.05, 3.63) is 0 Å². The van der Waals surface area contributed by atoms with E-state index >= 15 is 0 Å². The molecular formula is C10H21N3O3. The Labute approximate surface area is 95.6 Å². The summed E-state index contributed by atoms with van der Waals surface area (Å²) in [6.45, 7) is 4.27. The standard InChI is InChI=1S/C10H21N3O3/c1-2-10(7-14,8-15)12-4-6-13-5-3-11-9(13)16/h12,14-15H,2-8H2,1H3,(H,11,16). The highest BCUT2D eigenvalue weighted by Gasteiger charge is 2.26. The smallest absolute Gasteiger partial charge is 0.317 e. The maximum Gasteiger partial charge on any atom is 0.317 e. The predicted molar refractivity (Wildman–Crippen MR) is 60.2 cm³/mol. The molecule has 0 aromatic heterocycles. The summed E-state index contributed by atoms with van der Waals surface area (Å²) < 4.78 is 0. The maximum atomic E-state index is 11.2. The van der Waals surface area contributed by atoms with Crippen molar-refractivity contribution in [2.45, 2.75) is 18.9 Å². The van der Waals surface area contributed by atoms with Crippen LogP contribution in [0.1, 0.15) is 13.3 Å². The molecule has 0 unspecified atom stereocenters. The lowest BCUT2D eigenvalue weighted by atomic mass is 9.98. The first-order valence-electron chi connectivity index (χ1n) is 5.67. The first-order chi connectivity index (χ1) is 7.67. The lowest BCUT2D eigenvalue weighted by Gasteiger charge is -2.30. The van der Waals surface area contributed by atoms with Crippen LogP contribution in [0.3, 0.4) is 0 Å². The third-order valence-corrected chi connectivity index (χ3v) is 3.11. The van der Waals surface area contributed by atoms with E-state index in [4.69, 9.17) is 0 Å². The van der Waals surface area contributed by atoms with E-state index < -0.39 is 5.54 Å². The summed E-state index contributed by atoms with van der Waals surface area (Å²) >= 11 is 0. The molecule has 0 spiro atoms. The highest BCUT2D eigenvalue weighted by atomic mass is 16.3. The average molecular weight is 231 g/mol. The quantitative estimate of drug-likeness (QED) is 0.440. The van der Waals surface area contributed by atoms with Gasteiger partial charge in [-0.1, -0.05) is 6.92 Å². The van der Waals surface area contributed by atoms with Gasteiger partial charge in [-0.2, -0.15) is 0 Å². The minimum atomic E-state index is -0.629. The molecule has 1 aliphatic heterocycles. The van der Waals surface area contributed by atoms with Crippen molar-refractivity contribution in [1.29, 1.82) is 0 Å². The van der Waals surface area contributed by atoms with Crippen LogP contribution in [0.15, 0.2) is 0 Å². The number of nitrogens with zero attached hydrogens (tertiary/aromatic N) is 1. The molecule has 0 aromatic rings. The van der Waals surface area contributed by atoms with Crippen LogP contribution in [-0.4, -0.2) is 66.1 Å². The summed E-state index contributed by atoms with van der Waals surface area (Å²) in [4.78, 5) is 12.9. The summed E-state index contributed by atoms with van der Waals surface area (Å²) in [6, 6.07) is -0.0445. The molecule has 1 aliphatic rings. The second-order valence-corrected chi connectivity index (χ2v) is 4.10. The highest BCUT2D eigenvalue weighted by molar-refractivity contribution is 5.76. The lowest BCUT2D eigenvalue weighted by molar-refractivity contribution is 0.0864. The Morgan fingerprint density at radius 2 is 2.19 bits per heavy atom. The summed E-state index contributed by atoms with van der Waals surface area (Å²) in [6.07, 6.45) is 0.645. The largest absolute Gasteiger partial charge is 0.394 e. The Hall–Kier alpha value is -0.850. The van der Waals surface area contributed by atoms with Crippen LogP contribution < -0.4 is 10.6 Å². The molecule has 0 aliphatic carbocycles. The van der Waals surface area contributed by atoms with Gasteiger partial charge in [-0.15, -0.1) is 0 Å². The third-order valence-electron chi connectivity index (χ3n) is 3.11. The predicted octanol–water partition coefficient (Wildman–Crippen LogP) is -1.27. The fraction of sp³-hybridized carbons (Fsp3) is 0.900. The maximum absolute atomic E-state index is 11.2. The molecule has 0 bridgehead atoms. The number of urea groups is 1. The summed E-state index contributed by atoms with van der Waals surface area (Å²) in [5.41, 5.74) is -0.629. The van der Waals surface area contributed by atoms with Gasteiger partial charge in [0.1, 0.15) is 0 Å². The number of amides is 2. The molecule has 4 N–H and O–H groups in total. The van der Waals surface area contributed by atoms with E-state index in [-0.39, 0.29) is 19.2 Å². The van der Waals surface area contributed by atoms with Crippen molar-refractivity contribution in [3.8, 4) is 0 Å². The van der Waals surface area contributed by atoms with E-state index in [1.54, 1.807) is 4.90 Å². The Morgan fingerprint density at radius 1 is 1.50 bits per heavy atom. The zero-order chi connectivity index (χ0) is 12.0. The summed E-state index contributed by atoms with van der Waals surface area (Å²) in [7, 11) is 0. The molecule has 6 heteroatoms. The number of carbonyl (C=O) groups is 1. The molecule has 0 aromatic carbocycles. The number of hydrogen-bond acceptors (Lipinski definition) is 4. The van der Waals surface area contributed by atoms with Gasteiger partial charge in [0.25, 0.3) is 0 Å². The molecule has 1 saturated heterocycles. The van der Waals surface area contributed by atoms with Crippen molar-refractivity contribution < 1.29 is 15.0 Å². The van der Waals surface area contributed by atoms with Gasteiger partial charge in [0.05, 0.1) is 18.8 Å². The fourth-order valence-electron chi connectivity index (χ4n) is 1.69. The first kappa shape index (κ1) is 13.2. The minimum Gasteiger partial charge on any atom is -0.394 e. The minimum absolute atomic E-state index is 0.0445. The Balaban J connectivity index is 2.30. The van der Waals surface area contributed by atoms with Gasteiger partial charge < -0.3 is 25.7 Å². The third kappa shape index (κ3) is 3.07. The number of aliphatic hydroxyl groups is 2. The van der Waals surface area contributed by atoms with E-state index in [1.807, 2.05) is 6.92 Å². The van der Waals surface area contributed by atoms with E-state index in [0.29, 0.717) is 26.1 Å². The van der Waals surface area contributed by atoms with Gasteiger partial charge in [-0.25, -0.2) is 4.79 Å². The summed E-state index contributed by atoms with van der Waals surface area (Å²) in [5, 5.41) is 24.2. The zero-order valence-electron chi connectivity index (χ0n) is 9.70. The molecule has 1 rings (SSSR count). The Bertz CT molecular complexity index is 223. The van der Waals surface area contributed by atoms with E-state index in [0.717, 1.165) is 6.54 Å². The van der Waals surface area contributed by atoms with Crippen molar-refractivity contribution in [2.75, 3.05) is 39.4 Å². The summed E-state index contributed by atoms with van der Waals surface area (Å²) in [5.74, 6) is 0. The monoisotopic (exact) mass is 231 g/mol. The van der Waals surface area contributed by atoms with E-state index in [1.165, 1.54) is 0 Å². The molecule has 94 valence electrons. The van der Waals surface area contributed by atoms with Gasteiger partial charge in [0.15, 0.2) is 0 Å². The lowest BCUT2D eigenvalue weighted by Crippen LogP contribution is -2.53. The molecule has 0 atom stereocenters. The van der Waals surface area contributed by atoms with Crippen LogP contribution in [0.5, 0.6) is 0 Å². The second kappa shape index (κ2) is 6.03. The molecule has 0 radical (unpaired) electrons. The molecule has 1 fully saturated rings. The number of carbonyl (C=O) groups excluding carboxylic acids is 1. The van der Waals surface area contributed by atoms with Gasteiger partial charge in [-0.05, 0) is 6.42 Å². The van der Waals surface area contributed by atoms with Crippen LogP contribution in [-0.2, 0) is 0 Å². The Kier molecular flexibility index (Phi) is 4.98. The molecule has 0 saturated carbocycles. The van der Waals surface area contributed by atoms with E-state index in [9.17, 15) is 15.0 Å². The van der Waals surface area contributed by atoms with E-state index in [2.05, 4.69) is 10.6 Å². The number of nitrogens with one attached hydrogen (secondary N) is 2. The van der Waals surface area contributed by atoms with Gasteiger partial charge in [0.2, 0.25) is 0 Å². The molecule has 6 nitrogen and oxygen atoms in total. The second-order valence-electron chi connectivity index (χ2n) is 4.10.